The Morgan fingerprint density at radius 1 is 1.12 bits per heavy atom. The predicted octanol–water partition coefficient (Wildman–Crippen LogP) is 3.16. The molecule has 2 aromatic carbocycles. The second kappa shape index (κ2) is 6.76. The molecule has 6 nitrogen and oxygen atoms in total. The Bertz CT molecular complexity index is 930. The Morgan fingerprint density at radius 2 is 1.85 bits per heavy atom. The van der Waals surface area contributed by atoms with Crippen molar-refractivity contribution in [2.75, 3.05) is 26.2 Å². The minimum absolute atomic E-state index is 0.310. The van der Waals surface area contributed by atoms with Crippen molar-refractivity contribution in [2.45, 2.75) is 6.54 Å². The van der Waals surface area contributed by atoms with Crippen molar-refractivity contribution >= 4 is 17.0 Å². The fraction of sp³-hybridized carbons (Fsp3) is 0.263. The van der Waals surface area contributed by atoms with Crippen LogP contribution < -0.4 is 0 Å². The van der Waals surface area contributed by atoms with E-state index in [2.05, 4.69) is 15.1 Å². The van der Waals surface area contributed by atoms with Gasteiger partial charge in [0.2, 0.25) is 0 Å². The van der Waals surface area contributed by atoms with E-state index in [0.717, 1.165) is 41.7 Å². The number of rotatable bonds is 3. The fourth-order valence-corrected chi connectivity index (χ4v) is 3.34. The van der Waals surface area contributed by atoms with Gasteiger partial charge in [-0.2, -0.15) is 5.10 Å². The van der Waals surface area contributed by atoms with Gasteiger partial charge in [0, 0.05) is 38.1 Å². The monoisotopic (exact) mass is 354 g/mol. The van der Waals surface area contributed by atoms with E-state index in [-0.39, 0.29) is 5.82 Å². The first-order valence-corrected chi connectivity index (χ1v) is 8.52. The number of halogens is 1. The van der Waals surface area contributed by atoms with Gasteiger partial charge in [0.15, 0.2) is 0 Å². The zero-order chi connectivity index (χ0) is 18.1. The molecular weight excluding hydrogens is 335 g/mol. The topological polar surface area (TPSA) is 72.5 Å². The fourth-order valence-electron chi connectivity index (χ4n) is 3.34. The summed E-state index contributed by atoms with van der Waals surface area (Å²) >= 11 is 0. The second-order valence-corrected chi connectivity index (χ2v) is 6.53. The Hall–Kier alpha value is -2.93. The minimum Gasteiger partial charge on any atom is -0.465 e. The number of hydrogen-bond acceptors (Lipinski definition) is 3. The maximum Gasteiger partial charge on any atom is 0.407 e. The smallest absolute Gasteiger partial charge is 0.407 e. The number of H-pyrrole nitrogens is 1. The average molecular weight is 354 g/mol. The number of aromatic amines is 1. The van der Waals surface area contributed by atoms with Crippen molar-refractivity contribution < 1.29 is 14.3 Å². The first-order chi connectivity index (χ1) is 12.6. The normalized spacial score (nSPS) is 15.5. The van der Waals surface area contributed by atoms with E-state index in [9.17, 15) is 9.18 Å². The molecule has 2 N–H and O–H groups in total. The van der Waals surface area contributed by atoms with E-state index >= 15 is 0 Å². The molecule has 0 atom stereocenters. The molecule has 0 aliphatic carbocycles. The molecule has 7 heteroatoms. The molecule has 0 bridgehead atoms. The zero-order valence-electron chi connectivity index (χ0n) is 14.2. The van der Waals surface area contributed by atoms with Gasteiger partial charge in [0.1, 0.15) is 11.3 Å². The summed E-state index contributed by atoms with van der Waals surface area (Å²) in [5.41, 5.74) is 3.35. The number of aromatic nitrogens is 2. The lowest BCUT2D eigenvalue weighted by atomic mass is 10.0. The summed E-state index contributed by atoms with van der Waals surface area (Å²) in [7, 11) is 0. The molecule has 1 fully saturated rings. The van der Waals surface area contributed by atoms with Crippen LogP contribution in [0.2, 0.25) is 0 Å². The molecule has 1 amide bonds. The number of hydrogen-bond donors (Lipinski definition) is 2. The lowest BCUT2D eigenvalue weighted by Gasteiger charge is -2.33. The standard InChI is InChI=1S/C19H19FN4O2/c20-17-10-15(9-16-11-21-22-18(16)17)14-3-1-13(2-4-14)12-23-5-7-24(8-6-23)19(25)26/h1-4,9-11H,5-8,12H2,(H,21,22)(H,25,26). The van der Waals surface area contributed by atoms with Crippen LogP contribution in [0.1, 0.15) is 5.56 Å². The molecule has 1 aliphatic heterocycles. The van der Waals surface area contributed by atoms with Crippen molar-refractivity contribution in [3.63, 3.8) is 0 Å². The van der Waals surface area contributed by atoms with E-state index < -0.39 is 6.09 Å². The molecule has 3 aromatic rings. The van der Waals surface area contributed by atoms with Crippen LogP contribution in [-0.4, -0.2) is 57.4 Å². The molecule has 4 rings (SSSR count). The predicted molar refractivity (Wildman–Crippen MR) is 96.4 cm³/mol. The SMILES string of the molecule is O=C(O)N1CCN(Cc2ccc(-c3cc(F)c4[nH]ncc4c3)cc2)CC1. The van der Waals surface area contributed by atoms with Crippen molar-refractivity contribution in [2.24, 2.45) is 0 Å². The number of nitrogens with zero attached hydrogens (tertiary/aromatic N) is 3. The summed E-state index contributed by atoms with van der Waals surface area (Å²) in [5, 5.41) is 16.3. The van der Waals surface area contributed by atoms with Gasteiger partial charge < -0.3 is 10.0 Å². The maximum absolute atomic E-state index is 14.1. The van der Waals surface area contributed by atoms with Crippen LogP contribution in [-0.2, 0) is 6.54 Å². The number of carbonyl (C=O) groups is 1. The largest absolute Gasteiger partial charge is 0.465 e. The highest BCUT2D eigenvalue weighted by Crippen LogP contribution is 2.26. The van der Waals surface area contributed by atoms with Gasteiger partial charge in [0.05, 0.1) is 6.20 Å². The van der Waals surface area contributed by atoms with Crippen LogP contribution in [0.25, 0.3) is 22.0 Å². The number of piperazine rings is 1. The highest BCUT2D eigenvalue weighted by atomic mass is 19.1. The summed E-state index contributed by atoms with van der Waals surface area (Å²) in [4.78, 5) is 14.6. The molecule has 0 saturated carbocycles. The van der Waals surface area contributed by atoms with E-state index in [0.29, 0.717) is 18.6 Å². The molecule has 134 valence electrons. The highest BCUT2D eigenvalue weighted by Gasteiger charge is 2.20. The molecule has 26 heavy (non-hydrogen) atoms. The van der Waals surface area contributed by atoms with Gasteiger partial charge in [0.25, 0.3) is 0 Å². The molecule has 1 aromatic heterocycles. The first kappa shape index (κ1) is 16.5. The van der Waals surface area contributed by atoms with Crippen LogP contribution in [0.5, 0.6) is 0 Å². The Morgan fingerprint density at radius 3 is 2.54 bits per heavy atom. The molecule has 0 unspecified atom stereocenters. The van der Waals surface area contributed by atoms with E-state index in [1.54, 1.807) is 6.20 Å². The van der Waals surface area contributed by atoms with Crippen molar-refractivity contribution in [3.8, 4) is 11.1 Å². The number of amides is 1. The highest BCUT2D eigenvalue weighted by molar-refractivity contribution is 5.84. The van der Waals surface area contributed by atoms with Gasteiger partial charge in [-0.05, 0) is 28.8 Å². The molecule has 1 aliphatic rings. The van der Waals surface area contributed by atoms with Crippen LogP contribution in [0.15, 0.2) is 42.6 Å². The van der Waals surface area contributed by atoms with Crippen molar-refractivity contribution in [1.82, 2.24) is 20.0 Å². The Labute approximate surface area is 149 Å². The molecular formula is C19H19FN4O2. The van der Waals surface area contributed by atoms with Gasteiger partial charge in [-0.1, -0.05) is 24.3 Å². The van der Waals surface area contributed by atoms with Gasteiger partial charge in [-0.15, -0.1) is 0 Å². The minimum atomic E-state index is -0.851. The van der Waals surface area contributed by atoms with Gasteiger partial charge >= 0.3 is 6.09 Å². The number of carboxylic acid groups (broad SMARTS) is 1. The third kappa shape index (κ3) is 3.25. The third-order valence-corrected chi connectivity index (χ3v) is 4.84. The maximum atomic E-state index is 14.1. The lowest BCUT2D eigenvalue weighted by molar-refractivity contribution is 0.103. The van der Waals surface area contributed by atoms with Crippen molar-refractivity contribution in [3.05, 3.63) is 54.0 Å². The lowest BCUT2D eigenvalue weighted by Crippen LogP contribution is -2.47. The molecule has 2 heterocycles. The summed E-state index contributed by atoms with van der Waals surface area (Å²) < 4.78 is 14.1. The average Bonchev–Trinajstić information content (AvgIpc) is 3.12. The summed E-state index contributed by atoms with van der Waals surface area (Å²) in [6.07, 6.45) is 0.767. The summed E-state index contributed by atoms with van der Waals surface area (Å²) in [5.74, 6) is -0.310. The first-order valence-electron chi connectivity index (χ1n) is 8.52. The molecule has 0 spiro atoms. The third-order valence-electron chi connectivity index (χ3n) is 4.84. The number of benzene rings is 2. The van der Waals surface area contributed by atoms with Crippen molar-refractivity contribution in [1.29, 1.82) is 0 Å². The van der Waals surface area contributed by atoms with Crippen LogP contribution >= 0.6 is 0 Å². The number of nitrogens with one attached hydrogen (secondary N) is 1. The van der Waals surface area contributed by atoms with Crippen LogP contribution in [0.3, 0.4) is 0 Å². The van der Waals surface area contributed by atoms with Crippen LogP contribution in [0, 0.1) is 5.82 Å². The van der Waals surface area contributed by atoms with Gasteiger partial charge in [-0.3, -0.25) is 10.00 Å². The van der Waals surface area contributed by atoms with E-state index in [1.807, 2.05) is 30.3 Å². The second-order valence-electron chi connectivity index (χ2n) is 6.53. The Kier molecular flexibility index (Phi) is 4.30. The summed E-state index contributed by atoms with van der Waals surface area (Å²) in [6.45, 7) is 3.32. The van der Waals surface area contributed by atoms with Gasteiger partial charge in [-0.25, -0.2) is 9.18 Å². The van der Waals surface area contributed by atoms with E-state index in [4.69, 9.17) is 5.11 Å². The quantitative estimate of drug-likeness (QED) is 0.758. The van der Waals surface area contributed by atoms with Crippen LogP contribution in [0.4, 0.5) is 9.18 Å². The summed E-state index contributed by atoms with van der Waals surface area (Å²) in [6, 6.07) is 11.5. The molecule has 1 saturated heterocycles. The zero-order valence-corrected chi connectivity index (χ0v) is 14.2. The molecule has 0 radical (unpaired) electrons. The Balaban J connectivity index is 1.46. The number of fused-ring (bicyclic) bond motifs is 1. The van der Waals surface area contributed by atoms with E-state index in [1.165, 1.54) is 11.0 Å².